The molecule has 5 heteroatoms. The molecule has 5 nitrogen and oxygen atoms in total. The molecule has 2 rings (SSSR count). The predicted octanol–water partition coefficient (Wildman–Crippen LogP) is 5.70. The van der Waals surface area contributed by atoms with E-state index < -0.39 is 5.60 Å². The molecule has 1 aromatic heterocycles. The molecule has 0 spiro atoms. The first-order valence-electron chi connectivity index (χ1n) is 9.74. The van der Waals surface area contributed by atoms with Gasteiger partial charge in [-0.1, -0.05) is 30.3 Å². The number of benzene rings is 1. The van der Waals surface area contributed by atoms with Gasteiger partial charge >= 0.3 is 11.9 Å². The van der Waals surface area contributed by atoms with Crippen LogP contribution in [0, 0.1) is 6.92 Å². The Morgan fingerprint density at radius 2 is 1.79 bits per heavy atom. The van der Waals surface area contributed by atoms with Crippen molar-refractivity contribution < 1.29 is 23.5 Å². The number of rotatable bonds is 8. The van der Waals surface area contributed by atoms with E-state index in [1.54, 1.807) is 13.0 Å². The fourth-order valence-electron chi connectivity index (χ4n) is 2.83. The number of esters is 2. The number of ether oxygens (including phenoxy) is 2. The molecule has 28 heavy (non-hydrogen) atoms. The monoisotopic (exact) mass is 386 g/mol. The highest BCUT2D eigenvalue weighted by atomic mass is 16.6. The lowest BCUT2D eigenvalue weighted by molar-refractivity contribution is -0.154. The number of unbranched alkanes of at least 4 members (excludes halogenated alkanes) is 1. The minimum Gasteiger partial charge on any atom is -0.460 e. The summed E-state index contributed by atoms with van der Waals surface area (Å²) in [5.74, 6) is 0.610. The van der Waals surface area contributed by atoms with Crippen molar-refractivity contribution in [3.63, 3.8) is 0 Å². The van der Waals surface area contributed by atoms with Gasteiger partial charge in [0.25, 0.3) is 0 Å². The second kappa shape index (κ2) is 9.58. The smallest absolute Gasteiger partial charge is 0.341 e. The fraction of sp³-hybridized carbons (Fsp3) is 0.478. The largest absolute Gasteiger partial charge is 0.460 e. The van der Waals surface area contributed by atoms with E-state index in [9.17, 15) is 9.59 Å². The van der Waals surface area contributed by atoms with E-state index in [0.29, 0.717) is 36.3 Å². The highest BCUT2D eigenvalue weighted by Gasteiger charge is 2.20. The summed E-state index contributed by atoms with van der Waals surface area (Å²) in [5, 5.41) is 0. The van der Waals surface area contributed by atoms with Gasteiger partial charge in [0.15, 0.2) is 0 Å². The zero-order valence-corrected chi connectivity index (χ0v) is 17.4. The standard InChI is InChI=1S/C23H30O5/c1-16(11-9-10-14-21(24)28-23(3,4)5)26-22(25)19-15-20(27-17(19)2)18-12-7-6-8-13-18/h6-8,12-13,15-16H,9-11,14H2,1-5H3. The van der Waals surface area contributed by atoms with Crippen molar-refractivity contribution in [3.05, 3.63) is 47.7 Å². The lowest BCUT2D eigenvalue weighted by atomic mass is 10.1. The molecule has 0 aliphatic heterocycles. The minimum absolute atomic E-state index is 0.195. The maximum atomic E-state index is 12.5. The average Bonchev–Trinajstić information content (AvgIpc) is 3.00. The van der Waals surface area contributed by atoms with Gasteiger partial charge in [-0.3, -0.25) is 4.79 Å². The summed E-state index contributed by atoms with van der Waals surface area (Å²) in [6.45, 7) is 9.18. The van der Waals surface area contributed by atoms with Crippen LogP contribution in [0.5, 0.6) is 0 Å². The van der Waals surface area contributed by atoms with Crippen LogP contribution >= 0.6 is 0 Å². The summed E-state index contributed by atoms with van der Waals surface area (Å²) >= 11 is 0. The highest BCUT2D eigenvalue weighted by Crippen LogP contribution is 2.26. The Morgan fingerprint density at radius 1 is 1.11 bits per heavy atom. The van der Waals surface area contributed by atoms with Gasteiger partial charge in [-0.15, -0.1) is 0 Å². The van der Waals surface area contributed by atoms with Crippen molar-refractivity contribution in [2.45, 2.75) is 72.0 Å². The Balaban J connectivity index is 1.80. The molecule has 0 bridgehead atoms. The molecule has 1 aromatic carbocycles. The third-order valence-electron chi connectivity index (χ3n) is 4.17. The van der Waals surface area contributed by atoms with Crippen molar-refractivity contribution in [3.8, 4) is 11.3 Å². The topological polar surface area (TPSA) is 65.7 Å². The Morgan fingerprint density at radius 3 is 2.43 bits per heavy atom. The highest BCUT2D eigenvalue weighted by molar-refractivity contribution is 5.92. The summed E-state index contributed by atoms with van der Waals surface area (Å²) in [5.41, 5.74) is 0.903. The van der Waals surface area contributed by atoms with Crippen molar-refractivity contribution in [2.75, 3.05) is 0 Å². The number of carbonyl (C=O) groups is 2. The van der Waals surface area contributed by atoms with Gasteiger partial charge < -0.3 is 13.9 Å². The molecule has 1 unspecified atom stereocenters. The lowest BCUT2D eigenvalue weighted by Crippen LogP contribution is -2.23. The number of carbonyl (C=O) groups excluding carboxylic acids is 2. The van der Waals surface area contributed by atoms with Gasteiger partial charge in [-0.2, -0.15) is 0 Å². The summed E-state index contributed by atoms with van der Waals surface area (Å²) in [4.78, 5) is 24.2. The Labute approximate surface area is 167 Å². The second-order valence-corrected chi connectivity index (χ2v) is 7.99. The summed E-state index contributed by atoms with van der Waals surface area (Å²) in [6.07, 6.45) is 2.32. The number of hydrogen-bond donors (Lipinski definition) is 0. The third-order valence-corrected chi connectivity index (χ3v) is 4.17. The quantitative estimate of drug-likeness (QED) is 0.430. The van der Waals surface area contributed by atoms with Crippen molar-refractivity contribution in [1.29, 1.82) is 0 Å². The van der Waals surface area contributed by atoms with Crippen LogP contribution in [0.4, 0.5) is 0 Å². The zero-order chi connectivity index (χ0) is 20.7. The van der Waals surface area contributed by atoms with Gasteiger partial charge in [-0.25, -0.2) is 4.79 Å². The van der Waals surface area contributed by atoms with E-state index in [1.807, 2.05) is 58.0 Å². The molecule has 0 radical (unpaired) electrons. The predicted molar refractivity (Wildman–Crippen MR) is 108 cm³/mol. The normalized spacial score (nSPS) is 12.5. The zero-order valence-electron chi connectivity index (χ0n) is 17.4. The minimum atomic E-state index is -0.457. The molecule has 2 aromatic rings. The SMILES string of the molecule is Cc1oc(-c2ccccc2)cc1C(=O)OC(C)CCCCC(=O)OC(C)(C)C. The van der Waals surface area contributed by atoms with E-state index in [1.165, 1.54) is 0 Å². The van der Waals surface area contributed by atoms with Gasteiger partial charge in [0.05, 0.1) is 6.10 Å². The molecule has 0 amide bonds. The van der Waals surface area contributed by atoms with E-state index in [4.69, 9.17) is 13.9 Å². The molecule has 0 saturated carbocycles. The maximum absolute atomic E-state index is 12.5. The van der Waals surface area contributed by atoms with Gasteiger partial charge in [0.2, 0.25) is 0 Å². The number of furan rings is 1. The molecule has 0 fully saturated rings. The van der Waals surface area contributed by atoms with E-state index >= 15 is 0 Å². The third kappa shape index (κ3) is 6.87. The molecule has 0 aliphatic carbocycles. The molecular weight excluding hydrogens is 356 g/mol. The van der Waals surface area contributed by atoms with Gasteiger partial charge in [0.1, 0.15) is 22.7 Å². The van der Waals surface area contributed by atoms with Crippen LogP contribution in [-0.4, -0.2) is 23.6 Å². The average molecular weight is 386 g/mol. The molecule has 0 N–H and O–H groups in total. The summed E-state index contributed by atoms with van der Waals surface area (Å²) in [7, 11) is 0. The van der Waals surface area contributed by atoms with E-state index in [-0.39, 0.29) is 18.0 Å². The van der Waals surface area contributed by atoms with E-state index in [2.05, 4.69) is 0 Å². The van der Waals surface area contributed by atoms with Crippen LogP contribution in [0.3, 0.4) is 0 Å². The molecule has 152 valence electrons. The summed E-state index contributed by atoms with van der Waals surface area (Å²) < 4.78 is 16.5. The summed E-state index contributed by atoms with van der Waals surface area (Å²) in [6, 6.07) is 11.4. The van der Waals surface area contributed by atoms with Crippen LogP contribution in [0.25, 0.3) is 11.3 Å². The van der Waals surface area contributed by atoms with Crippen LogP contribution in [-0.2, 0) is 14.3 Å². The van der Waals surface area contributed by atoms with Crippen LogP contribution < -0.4 is 0 Å². The fourth-order valence-corrected chi connectivity index (χ4v) is 2.83. The molecule has 0 saturated heterocycles. The van der Waals surface area contributed by atoms with Gasteiger partial charge in [0, 0.05) is 12.0 Å². The van der Waals surface area contributed by atoms with Crippen LogP contribution in [0.1, 0.15) is 69.5 Å². The van der Waals surface area contributed by atoms with Crippen molar-refractivity contribution in [2.24, 2.45) is 0 Å². The lowest BCUT2D eigenvalue weighted by Gasteiger charge is -2.19. The van der Waals surface area contributed by atoms with Crippen molar-refractivity contribution >= 4 is 11.9 Å². The Hall–Kier alpha value is -2.56. The van der Waals surface area contributed by atoms with Crippen molar-refractivity contribution in [1.82, 2.24) is 0 Å². The first kappa shape index (κ1) is 21.7. The molecule has 1 atom stereocenters. The van der Waals surface area contributed by atoms with E-state index in [0.717, 1.165) is 12.0 Å². The van der Waals surface area contributed by atoms with Crippen LogP contribution in [0.2, 0.25) is 0 Å². The Bertz CT molecular complexity index is 783. The maximum Gasteiger partial charge on any atom is 0.341 e. The molecule has 0 aliphatic rings. The number of hydrogen-bond acceptors (Lipinski definition) is 5. The first-order chi connectivity index (χ1) is 13.2. The Kier molecular flexibility index (Phi) is 7.44. The number of aryl methyl sites for hydroxylation is 1. The molecular formula is C23H30O5. The second-order valence-electron chi connectivity index (χ2n) is 7.99. The first-order valence-corrected chi connectivity index (χ1v) is 9.74. The van der Waals surface area contributed by atoms with Crippen LogP contribution in [0.15, 0.2) is 40.8 Å². The molecule has 1 heterocycles. The van der Waals surface area contributed by atoms with Gasteiger partial charge in [-0.05, 0) is 59.9 Å².